The summed E-state index contributed by atoms with van der Waals surface area (Å²) in [6.07, 6.45) is 2.39. The number of aromatic nitrogens is 2. The van der Waals surface area contributed by atoms with Crippen molar-refractivity contribution in [3.05, 3.63) is 63.3 Å². The molecular formula is C29H39N5O4S2. The van der Waals surface area contributed by atoms with Gasteiger partial charge in [-0.3, -0.25) is 14.5 Å². The molecule has 0 saturated carbocycles. The third-order valence-corrected chi connectivity index (χ3v) is 10.4. The van der Waals surface area contributed by atoms with Crippen molar-refractivity contribution in [2.45, 2.75) is 78.3 Å². The molecule has 2 aromatic heterocycles. The zero-order valence-electron chi connectivity index (χ0n) is 24.2. The number of benzene rings is 1. The van der Waals surface area contributed by atoms with Crippen LogP contribution in [0, 0.1) is 13.8 Å². The van der Waals surface area contributed by atoms with Gasteiger partial charge in [-0.1, -0.05) is 20.3 Å². The second-order valence-corrected chi connectivity index (χ2v) is 13.5. The van der Waals surface area contributed by atoms with Crippen molar-refractivity contribution in [2.24, 2.45) is 0 Å². The minimum atomic E-state index is -3.65. The first kappa shape index (κ1) is 30.1. The fourth-order valence-electron chi connectivity index (χ4n) is 5.00. The molecule has 0 atom stereocenters. The minimum absolute atomic E-state index is 0.155. The Bertz CT molecular complexity index is 1490. The molecule has 0 fully saturated rings. The average Bonchev–Trinajstić information content (AvgIpc) is 3.46. The van der Waals surface area contributed by atoms with Gasteiger partial charge < -0.3 is 5.32 Å². The molecule has 0 radical (unpaired) electrons. The number of nitrogens with zero attached hydrogens (tertiary/aromatic N) is 4. The predicted molar refractivity (Wildman–Crippen MR) is 159 cm³/mol. The summed E-state index contributed by atoms with van der Waals surface area (Å²) in [7, 11) is -3.65. The number of rotatable bonds is 10. The molecule has 1 aliphatic rings. The Hall–Kier alpha value is -2.86. The van der Waals surface area contributed by atoms with Gasteiger partial charge in [-0.2, -0.15) is 9.40 Å². The highest BCUT2D eigenvalue weighted by Gasteiger charge is 2.31. The van der Waals surface area contributed by atoms with E-state index in [9.17, 15) is 18.0 Å². The van der Waals surface area contributed by atoms with E-state index in [0.29, 0.717) is 48.2 Å². The van der Waals surface area contributed by atoms with Gasteiger partial charge in [-0.05, 0) is 76.4 Å². The summed E-state index contributed by atoms with van der Waals surface area (Å²) in [5.74, 6) is -0.659. The lowest BCUT2D eigenvalue weighted by Gasteiger charge is -2.30. The van der Waals surface area contributed by atoms with Crippen molar-refractivity contribution in [1.82, 2.24) is 19.0 Å². The van der Waals surface area contributed by atoms with Crippen LogP contribution in [0.2, 0.25) is 0 Å². The molecule has 1 aromatic carbocycles. The Morgan fingerprint density at radius 2 is 1.85 bits per heavy atom. The molecule has 0 aliphatic carbocycles. The molecule has 0 spiro atoms. The molecule has 1 aliphatic heterocycles. The standard InChI is InChI=1S/C29H39N5O4S2/c1-7-9-15-33(8-2)40(37,38)23-12-10-22(11-13-23)27(35)30-28-26(29(36)34-21(6)17-20(5)31-34)24-14-16-32(19(3)4)18-25(24)39-28/h10-13,17,19H,7-9,14-16,18H2,1-6H3,(H,30,35). The second-order valence-electron chi connectivity index (χ2n) is 10.5. The van der Waals surface area contributed by atoms with Crippen LogP contribution in [0.15, 0.2) is 35.2 Å². The summed E-state index contributed by atoms with van der Waals surface area (Å²) < 4.78 is 29.0. The second kappa shape index (κ2) is 12.3. The zero-order valence-corrected chi connectivity index (χ0v) is 25.8. The van der Waals surface area contributed by atoms with E-state index in [0.717, 1.165) is 41.2 Å². The van der Waals surface area contributed by atoms with Gasteiger partial charge in [0.25, 0.3) is 11.8 Å². The van der Waals surface area contributed by atoms with Crippen LogP contribution < -0.4 is 5.32 Å². The lowest BCUT2D eigenvalue weighted by Crippen LogP contribution is -2.35. The van der Waals surface area contributed by atoms with Crippen molar-refractivity contribution >= 4 is 38.2 Å². The summed E-state index contributed by atoms with van der Waals surface area (Å²) in [5, 5.41) is 7.85. The smallest absolute Gasteiger partial charge is 0.281 e. The minimum Gasteiger partial charge on any atom is -0.313 e. The molecule has 40 heavy (non-hydrogen) atoms. The average molecular weight is 586 g/mol. The Kier molecular flexibility index (Phi) is 9.29. The third kappa shape index (κ3) is 6.07. The third-order valence-electron chi connectivity index (χ3n) is 7.33. The van der Waals surface area contributed by atoms with Crippen LogP contribution in [0.4, 0.5) is 5.00 Å². The van der Waals surface area contributed by atoms with E-state index in [4.69, 9.17) is 0 Å². The molecule has 4 rings (SSSR count). The number of aryl methyl sites for hydroxylation is 2. The summed E-state index contributed by atoms with van der Waals surface area (Å²) in [6, 6.07) is 8.21. The Morgan fingerprint density at radius 3 is 2.42 bits per heavy atom. The van der Waals surface area contributed by atoms with Crippen LogP contribution in [-0.4, -0.2) is 64.9 Å². The monoisotopic (exact) mass is 585 g/mol. The predicted octanol–water partition coefficient (Wildman–Crippen LogP) is 5.08. The van der Waals surface area contributed by atoms with Gasteiger partial charge in [0.05, 0.1) is 16.2 Å². The van der Waals surface area contributed by atoms with E-state index in [1.54, 1.807) is 0 Å². The zero-order chi connectivity index (χ0) is 29.2. The number of carbonyl (C=O) groups excluding carboxylic acids is 2. The van der Waals surface area contributed by atoms with Crippen LogP contribution in [0.1, 0.15) is 83.1 Å². The van der Waals surface area contributed by atoms with E-state index in [-0.39, 0.29) is 10.8 Å². The molecule has 1 amide bonds. The van der Waals surface area contributed by atoms with Crippen LogP contribution in [0.25, 0.3) is 0 Å². The van der Waals surface area contributed by atoms with Gasteiger partial charge in [0.2, 0.25) is 10.0 Å². The van der Waals surface area contributed by atoms with E-state index in [1.165, 1.54) is 44.6 Å². The van der Waals surface area contributed by atoms with Crippen molar-refractivity contribution in [3.63, 3.8) is 0 Å². The highest BCUT2D eigenvalue weighted by Crippen LogP contribution is 2.38. The van der Waals surface area contributed by atoms with Crippen molar-refractivity contribution < 1.29 is 18.0 Å². The SMILES string of the molecule is CCCCN(CC)S(=O)(=O)c1ccc(C(=O)Nc2sc3c(c2C(=O)n2nc(C)cc2C)CCN(C(C)C)C3)cc1. The van der Waals surface area contributed by atoms with Gasteiger partial charge in [0.1, 0.15) is 5.00 Å². The van der Waals surface area contributed by atoms with Gasteiger partial charge in [-0.25, -0.2) is 13.1 Å². The quantitative estimate of drug-likeness (QED) is 0.356. The highest BCUT2D eigenvalue weighted by atomic mass is 32.2. The number of unbranched alkanes of at least 4 members (excludes halogenated alkanes) is 1. The molecule has 3 heterocycles. The van der Waals surface area contributed by atoms with Crippen LogP contribution >= 0.6 is 11.3 Å². The largest absolute Gasteiger partial charge is 0.313 e. The first-order chi connectivity index (χ1) is 19.0. The highest BCUT2D eigenvalue weighted by molar-refractivity contribution is 7.89. The number of nitrogens with one attached hydrogen (secondary N) is 1. The maximum absolute atomic E-state index is 13.8. The number of amides is 1. The van der Waals surface area contributed by atoms with E-state index < -0.39 is 15.9 Å². The van der Waals surface area contributed by atoms with Gasteiger partial charge in [0, 0.05) is 48.4 Å². The lowest BCUT2D eigenvalue weighted by atomic mass is 10.0. The van der Waals surface area contributed by atoms with Crippen molar-refractivity contribution in [3.8, 4) is 0 Å². The van der Waals surface area contributed by atoms with Gasteiger partial charge in [0.15, 0.2) is 0 Å². The Balaban J connectivity index is 1.64. The van der Waals surface area contributed by atoms with E-state index in [1.807, 2.05) is 33.8 Å². The molecule has 11 heteroatoms. The number of thiophene rings is 1. The fraction of sp³-hybridized carbons (Fsp3) is 0.483. The molecule has 3 aromatic rings. The van der Waals surface area contributed by atoms with Crippen LogP contribution in [0.5, 0.6) is 0 Å². The lowest BCUT2D eigenvalue weighted by molar-refractivity contribution is 0.0941. The topological polar surface area (TPSA) is 105 Å². The number of sulfonamides is 1. The number of anilines is 1. The number of carbonyl (C=O) groups is 2. The van der Waals surface area contributed by atoms with Crippen molar-refractivity contribution in [1.29, 1.82) is 0 Å². The van der Waals surface area contributed by atoms with E-state index >= 15 is 0 Å². The molecule has 216 valence electrons. The molecule has 1 N–H and O–H groups in total. The van der Waals surface area contributed by atoms with E-state index in [2.05, 4.69) is 29.2 Å². The molecule has 0 bridgehead atoms. The first-order valence-corrected chi connectivity index (χ1v) is 16.1. The van der Waals surface area contributed by atoms with Crippen molar-refractivity contribution in [2.75, 3.05) is 25.0 Å². The summed E-state index contributed by atoms with van der Waals surface area (Å²) in [4.78, 5) is 30.7. The van der Waals surface area contributed by atoms with Crippen LogP contribution in [-0.2, 0) is 23.0 Å². The number of hydrogen-bond acceptors (Lipinski definition) is 7. The summed E-state index contributed by atoms with van der Waals surface area (Å²) >= 11 is 1.43. The number of fused-ring (bicyclic) bond motifs is 1. The molecule has 0 saturated heterocycles. The molecule has 0 unspecified atom stereocenters. The normalized spacial score (nSPS) is 14.1. The summed E-state index contributed by atoms with van der Waals surface area (Å²) in [5.41, 5.74) is 3.24. The Labute approximate surface area is 241 Å². The molecular weight excluding hydrogens is 546 g/mol. The maximum Gasteiger partial charge on any atom is 0.281 e. The molecule has 9 nitrogen and oxygen atoms in total. The summed E-state index contributed by atoms with van der Waals surface area (Å²) in [6.45, 7) is 14.2. The number of hydrogen-bond donors (Lipinski definition) is 1. The van der Waals surface area contributed by atoms with Gasteiger partial charge >= 0.3 is 0 Å². The first-order valence-electron chi connectivity index (χ1n) is 13.9. The van der Waals surface area contributed by atoms with Gasteiger partial charge in [-0.15, -0.1) is 11.3 Å². The van der Waals surface area contributed by atoms with Crippen LogP contribution in [0.3, 0.4) is 0 Å². The maximum atomic E-state index is 13.8. The fourth-order valence-corrected chi connectivity index (χ4v) is 7.75. The Morgan fingerprint density at radius 1 is 1.15 bits per heavy atom.